The monoisotopic (exact) mass is 165 g/mol. The molecule has 4 heteroatoms. The van der Waals surface area contributed by atoms with Crippen LogP contribution in [0.5, 0.6) is 0 Å². The third-order valence-electron chi connectivity index (χ3n) is 1.69. The number of nitrogens with two attached hydrogens (primary N) is 2. The summed E-state index contributed by atoms with van der Waals surface area (Å²) in [5.41, 5.74) is 11.7. The number of anilines is 2. The van der Waals surface area contributed by atoms with E-state index in [2.05, 4.69) is 0 Å². The molecular weight excluding hydrogens is 156 g/mol. The van der Waals surface area contributed by atoms with Gasteiger partial charge in [-0.1, -0.05) is 6.07 Å². The highest BCUT2D eigenvalue weighted by molar-refractivity contribution is 5.97. The molecule has 4 N–H and O–H groups in total. The van der Waals surface area contributed by atoms with E-state index < -0.39 is 5.97 Å². The van der Waals surface area contributed by atoms with Crippen molar-refractivity contribution in [3.8, 4) is 0 Å². The summed E-state index contributed by atoms with van der Waals surface area (Å²) in [7, 11) is 0. The molecule has 0 unspecified atom stereocenters. The average Bonchev–Trinajstić information content (AvgIpc) is 1.97. The molecule has 0 fully saturated rings. The minimum atomic E-state index is -1.29. The second kappa shape index (κ2) is 2.73. The van der Waals surface area contributed by atoms with E-state index in [1.54, 1.807) is 19.1 Å². The van der Waals surface area contributed by atoms with E-state index in [4.69, 9.17) is 11.5 Å². The first-order valence-corrected chi connectivity index (χ1v) is 3.40. The zero-order chi connectivity index (χ0) is 9.30. The maximum Gasteiger partial charge on any atom is 0.0739 e. The van der Waals surface area contributed by atoms with Gasteiger partial charge < -0.3 is 21.4 Å². The molecule has 1 aromatic rings. The fourth-order valence-corrected chi connectivity index (χ4v) is 1.02. The third kappa shape index (κ3) is 1.18. The van der Waals surface area contributed by atoms with Crippen LogP contribution in [-0.4, -0.2) is 5.97 Å². The van der Waals surface area contributed by atoms with E-state index in [1.165, 1.54) is 0 Å². The molecule has 0 aliphatic heterocycles. The van der Waals surface area contributed by atoms with Crippen molar-refractivity contribution in [3.05, 3.63) is 23.3 Å². The molecule has 0 amide bonds. The second-order valence-corrected chi connectivity index (χ2v) is 2.55. The molecular formula is C8H9N2O2-. The van der Waals surface area contributed by atoms with Gasteiger partial charge in [-0.15, -0.1) is 0 Å². The summed E-state index contributed by atoms with van der Waals surface area (Å²) in [5, 5.41) is 10.5. The molecule has 12 heavy (non-hydrogen) atoms. The molecule has 0 saturated heterocycles. The van der Waals surface area contributed by atoms with E-state index in [0.29, 0.717) is 5.56 Å². The molecule has 0 bridgehead atoms. The van der Waals surface area contributed by atoms with E-state index in [9.17, 15) is 9.90 Å². The number of nitrogen functional groups attached to an aromatic ring is 2. The van der Waals surface area contributed by atoms with Crippen LogP contribution in [0.1, 0.15) is 15.9 Å². The number of aromatic carboxylic acids is 1. The summed E-state index contributed by atoms with van der Waals surface area (Å²) >= 11 is 0. The summed E-state index contributed by atoms with van der Waals surface area (Å²) in [5.74, 6) is -1.29. The van der Waals surface area contributed by atoms with Crippen molar-refractivity contribution in [1.29, 1.82) is 0 Å². The van der Waals surface area contributed by atoms with Crippen molar-refractivity contribution in [1.82, 2.24) is 0 Å². The number of carbonyl (C=O) groups excluding carboxylic acids is 1. The summed E-state index contributed by atoms with van der Waals surface area (Å²) in [6.07, 6.45) is 0. The van der Waals surface area contributed by atoms with Gasteiger partial charge in [-0.3, -0.25) is 0 Å². The van der Waals surface area contributed by atoms with Gasteiger partial charge in [0.1, 0.15) is 0 Å². The number of hydrogen-bond donors (Lipinski definition) is 2. The van der Waals surface area contributed by atoms with Gasteiger partial charge in [-0.05, 0) is 18.6 Å². The highest BCUT2D eigenvalue weighted by Gasteiger charge is 2.06. The maximum absolute atomic E-state index is 10.5. The Morgan fingerprint density at radius 3 is 2.42 bits per heavy atom. The Kier molecular flexibility index (Phi) is 1.91. The van der Waals surface area contributed by atoms with Crippen LogP contribution in [-0.2, 0) is 0 Å². The van der Waals surface area contributed by atoms with E-state index in [0.717, 1.165) is 0 Å². The number of benzene rings is 1. The lowest BCUT2D eigenvalue weighted by atomic mass is 10.1. The normalized spacial score (nSPS) is 9.75. The average molecular weight is 165 g/mol. The molecule has 0 saturated carbocycles. The number of aryl methyl sites for hydroxylation is 1. The first-order valence-electron chi connectivity index (χ1n) is 3.40. The number of carboxylic acid groups (broad SMARTS) is 1. The van der Waals surface area contributed by atoms with Crippen molar-refractivity contribution in [3.63, 3.8) is 0 Å². The largest absolute Gasteiger partial charge is 0.545 e. The fourth-order valence-electron chi connectivity index (χ4n) is 1.02. The van der Waals surface area contributed by atoms with E-state index in [1.807, 2.05) is 0 Å². The standard InChI is InChI=1S/C8H10N2O2/c1-4-2-3-5(9)7(10)6(4)8(11)12/h2-3H,9-10H2,1H3,(H,11,12)/p-1. The quantitative estimate of drug-likeness (QED) is 0.550. The maximum atomic E-state index is 10.5. The third-order valence-corrected chi connectivity index (χ3v) is 1.69. The topological polar surface area (TPSA) is 92.2 Å². The molecule has 0 aliphatic rings. The van der Waals surface area contributed by atoms with Gasteiger partial charge in [0.25, 0.3) is 0 Å². The van der Waals surface area contributed by atoms with Crippen LogP contribution < -0.4 is 16.6 Å². The molecule has 0 atom stereocenters. The predicted molar refractivity (Wildman–Crippen MR) is 44.3 cm³/mol. The Morgan fingerprint density at radius 1 is 1.42 bits per heavy atom. The van der Waals surface area contributed by atoms with Crippen LogP contribution in [0.25, 0.3) is 0 Å². The van der Waals surface area contributed by atoms with Crippen molar-refractivity contribution < 1.29 is 9.90 Å². The molecule has 1 aromatic carbocycles. The summed E-state index contributed by atoms with van der Waals surface area (Å²) in [4.78, 5) is 10.5. The molecule has 0 spiro atoms. The number of hydrogen-bond acceptors (Lipinski definition) is 4. The highest BCUT2D eigenvalue weighted by Crippen LogP contribution is 2.22. The highest BCUT2D eigenvalue weighted by atomic mass is 16.4. The Bertz CT molecular complexity index is 334. The zero-order valence-corrected chi connectivity index (χ0v) is 6.63. The van der Waals surface area contributed by atoms with Crippen molar-refractivity contribution >= 4 is 17.3 Å². The smallest absolute Gasteiger partial charge is 0.0739 e. The van der Waals surface area contributed by atoms with Gasteiger partial charge in [0.05, 0.1) is 17.3 Å². The van der Waals surface area contributed by atoms with Gasteiger partial charge in [0.15, 0.2) is 0 Å². The zero-order valence-electron chi connectivity index (χ0n) is 6.63. The first kappa shape index (κ1) is 8.39. The summed E-state index contributed by atoms with van der Waals surface area (Å²) in [6.45, 7) is 1.64. The molecule has 1 rings (SSSR count). The number of carbonyl (C=O) groups is 1. The first-order chi connectivity index (χ1) is 5.54. The van der Waals surface area contributed by atoms with Crippen molar-refractivity contribution in [2.45, 2.75) is 6.92 Å². The van der Waals surface area contributed by atoms with Gasteiger partial charge in [0.2, 0.25) is 0 Å². The van der Waals surface area contributed by atoms with Crippen LogP contribution in [0.4, 0.5) is 11.4 Å². The van der Waals surface area contributed by atoms with Gasteiger partial charge in [-0.25, -0.2) is 0 Å². The predicted octanol–water partition coefficient (Wildman–Crippen LogP) is -0.477. The van der Waals surface area contributed by atoms with E-state index in [-0.39, 0.29) is 16.9 Å². The van der Waals surface area contributed by atoms with Crippen LogP contribution in [0.2, 0.25) is 0 Å². The molecule has 0 aliphatic carbocycles. The number of rotatable bonds is 1. The van der Waals surface area contributed by atoms with Crippen LogP contribution in [0, 0.1) is 6.92 Å². The van der Waals surface area contributed by atoms with E-state index >= 15 is 0 Å². The fraction of sp³-hybridized carbons (Fsp3) is 0.125. The van der Waals surface area contributed by atoms with Crippen LogP contribution in [0.3, 0.4) is 0 Å². The van der Waals surface area contributed by atoms with Crippen LogP contribution >= 0.6 is 0 Å². The Labute approximate surface area is 69.8 Å². The summed E-state index contributed by atoms with van der Waals surface area (Å²) in [6, 6.07) is 3.16. The number of carboxylic acids is 1. The second-order valence-electron chi connectivity index (χ2n) is 2.55. The van der Waals surface area contributed by atoms with Gasteiger partial charge in [-0.2, -0.15) is 0 Å². The van der Waals surface area contributed by atoms with Gasteiger partial charge >= 0.3 is 0 Å². The molecule has 64 valence electrons. The molecule has 0 heterocycles. The van der Waals surface area contributed by atoms with Gasteiger partial charge in [0, 0.05) is 5.56 Å². The Balaban J connectivity index is 3.43. The summed E-state index contributed by atoms with van der Waals surface area (Å²) < 4.78 is 0. The lowest BCUT2D eigenvalue weighted by molar-refractivity contribution is -0.254. The SMILES string of the molecule is Cc1ccc(N)c(N)c1C(=O)[O-]. The Hall–Kier alpha value is -1.71. The lowest BCUT2D eigenvalue weighted by Crippen LogP contribution is -2.25. The molecule has 0 aromatic heterocycles. The molecule has 0 radical (unpaired) electrons. The van der Waals surface area contributed by atoms with Crippen molar-refractivity contribution in [2.75, 3.05) is 11.5 Å². The Morgan fingerprint density at radius 2 is 2.00 bits per heavy atom. The minimum Gasteiger partial charge on any atom is -0.545 e. The minimum absolute atomic E-state index is 0.0185. The van der Waals surface area contributed by atoms with Crippen LogP contribution in [0.15, 0.2) is 12.1 Å². The molecule has 4 nitrogen and oxygen atoms in total. The van der Waals surface area contributed by atoms with Crippen molar-refractivity contribution in [2.24, 2.45) is 0 Å². The lowest BCUT2D eigenvalue weighted by Gasteiger charge is -2.11.